The third-order valence-electron chi connectivity index (χ3n) is 5.34. The van der Waals surface area contributed by atoms with Crippen molar-refractivity contribution in [2.75, 3.05) is 23.3 Å². The second-order valence-corrected chi connectivity index (χ2v) is 7.40. The van der Waals surface area contributed by atoms with Gasteiger partial charge in [0.25, 0.3) is 11.9 Å². The van der Waals surface area contributed by atoms with E-state index in [1.807, 2.05) is 22.7 Å². The van der Waals surface area contributed by atoms with Crippen molar-refractivity contribution in [2.45, 2.75) is 31.3 Å². The summed E-state index contributed by atoms with van der Waals surface area (Å²) in [6.07, 6.45) is 5.75. The highest BCUT2D eigenvalue weighted by Crippen LogP contribution is 2.44. The molecule has 1 atom stereocenters. The highest BCUT2D eigenvalue weighted by molar-refractivity contribution is 6.04. The van der Waals surface area contributed by atoms with Crippen LogP contribution in [-0.2, 0) is 7.05 Å². The average molecular weight is 367 g/mol. The topological polar surface area (TPSA) is 96.4 Å². The molecule has 1 saturated heterocycles. The number of hydrogen-bond acceptors (Lipinski definition) is 6. The lowest BCUT2D eigenvalue weighted by atomic mass is 10.1. The van der Waals surface area contributed by atoms with Crippen molar-refractivity contribution in [2.24, 2.45) is 7.05 Å². The third kappa shape index (κ3) is 2.95. The molecule has 0 radical (unpaired) electrons. The number of aliphatic hydroxyl groups excluding tert-OH is 1. The Kier molecular flexibility index (Phi) is 3.68. The molecule has 3 heterocycles. The van der Waals surface area contributed by atoms with Crippen LogP contribution in [0.25, 0.3) is 10.9 Å². The fraction of sp³-hybridized carbons (Fsp3) is 0.421. The van der Waals surface area contributed by atoms with Crippen LogP contribution >= 0.6 is 0 Å². The summed E-state index contributed by atoms with van der Waals surface area (Å²) in [5, 5.41) is 17.9. The van der Waals surface area contributed by atoms with Gasteiger partial charge in [0.1, 0.15) is 6.26 Å². The second kappa shape index (κ2) is 6.09. The van der Waals surface area contributed by atoms with E-state index in [-0.39, 0.29) is 17.7 Å². The van der Waals surface area contributed by atoms with Crippen molar-refractivity contribution < 1.29 is 14.3 Å². The van der Waals surface area contributed by atoms with Crippen LogP contribution in [0.2, 0.25) is 0 Å². The number of hydrogen-bond donors (Lipinski definition) is 2. The van der Waals surface area contributed by atoms with Crippen molar-refractivity contribution in [3.63, 3.8) is 0 Å². The molecule has 2 N–H and O–H groups in total. The van der Waals surface area contributed by atoms with Gasteiger partial charge in [-0.25, -0.2) is 0 Å². The summed E-state index contributed by atoms with van der Waals surface area (Å²) in [5.74, 6) is 0.188. The summed E-state index contributed by atoms with van der Waals surface area (Å²) >= 11 is 0. The minimum Gasteiger partial charge on any atom is -0.431 e. The number of β-amino-alcohol motifs (C(OH)–C–C–N with tert-alkyl or cyclic N) is 1. The summed E-state index contributed by atoms with van der Waals surface area (Å²) in [4.78, 5) is 18.9. The van der Waals surface area contributed by atoms with Crippen LogP contribution in [0.3, 0.4) is 0 Å². The molecule has 140 valence electrons. The number of carbonyl (C=O) groups excluding carboxylic acids is 1. The molecule has 2 fully saturated rings. The Morgan fingerprint density at radius 2 is 2.19 bits per heavy atom. The van der Waals surface area contributed by atoms with Gasteiger partial charge in [0, 0.05) is 31.2 Å². The molecule has 0 bridgehead atoms. The van der Waals surface area contributed by atoms with Crippen molar-refractivity contribution in [1.29, 1.82) is 0 Å². The van der Waals surface area contributed by atoms with Crippen molar-refractivity contribution in [1.82, 2.24) is 14.8 Å². The Labute approximate surface area is 155 Å². The van der Waals surface area contributed by atoms with Gasteiger partial charge >= 0.3 is 0 Å². The summed E-state index contributed by atoms with van der Waals surface area (Å²) in [7, 11) is 1.92. The lowest BCUT2D eigenvalue weighted by Gasteiger charge is -2.11. The molecular formula is C19H21N5O3. The van der Waals surface area contributed by atoms with Crippen molar-refractivity contribution in [3.05, 3.63) is 35.9 Å². The van der Waals surface area contributed by atoms with Crippen molar-refractivity contribution in [3.8, 4) is 0 Å². The van der Waals surface area contributed by atoms with E-state index in [2.05, 4.69) is 21.5 Å². The molecule has 1 aliphatic carbocycles. The van der Waals surface area contributed by atoms with E-state index in [1.165, 1.54) is 6.26 Å². The Morgan fingerprint density at radius 3 is 2.93 bits per heavy atom. The molecule has 2 aliphatic rings. The number of amides is 1. The van der Waals surface area contributed by atoms with E-state index in [0.717, 1.165) is 35.0 Å². The molecule has 1 amide bonds. The van der Waals surface area contributed by atoms with Crippen LogP contribution in [0.15, 0.2) is 29.0 Å². The molecule has 3 aromatic rings. The number of nitrogens with zero attached hydrogens (tertiary/aromatic N) is 4. The van der Waals surface area contributed by atoms with Crippen LogP contribution in [0.1, 0.15) is 41.2 Å². The summed E-state index contributed by atoms with van der Waals surface area (Å²) in [5.41, 5.74) is 3.25. The van der Waals surface area contributed by atoms with E-state index in [1.54, 1.807) is 6.20 Å². The highest BCUT2D eigenvalue weighted by atomic mass is 16.4. The maximum absolute atomic E-state index is 12.7. The van der Waals surface area contributed by atoms with E-state index in [9.17, 15) is 9.90 Å². The van der Waals surface area contributed by atoms with Crippen LogP contribution in [0.5, 0.6) is 0 Å². The zero-order valence-electron chi connectivity index (χ0n) is 15.1. The largest absolute Gasteiger partial charge is 0.431 e. The molecule has 8 heteroatoms. The number of anilines is 2. The summed E-state index contributed by atoms with van der Waals surface area (Å²) < 4.78 is 7.30. The molecule has 1 aromatic carbocycles. The maximum atomic E-state index is 12.7. The van der Waals surface area contributed by atoms with E-state index >= 15 is 0 Å². The molecular weight excluding hydrogens is 346 g/mol. The standard InChI is InChI=1S/C19H21N5O3/c1-23-17-7-14(11-2-3-11)15(6-12(17)8-20-23)21-18(26)16-10-27-19(22-16)24-5-4-13(25)9-24/h6-8,10-11,13,25H,2-5,9H2,1H3,(H,21,26). The van der Waals surface area contributed by atoms with Crippen LogP contribution in [0.4, 0.5) is 11.7 Å². The number of rotatable bonds is 4. The zero-order chi connectivity index (χ0) is 18.5. The first kappa shape index (κ1) is 16.3. The smallest absolute Gasteiger partial charge is 0.298 e. The van der Waals surface area contributed by atoms with Gasteiger partial charge in [-0.1, -0.05) is 0 Å². The van der Waals surface area contributed by atoms with Gasteiger partial charge in [-0.15, -0.1) is 0 Å². The van der Waals surface area contributed by atoms with Gasteiger partial charge < -0.3 is 19.7 Å². The number of nitrogens with one attached hydrogen (secondary N) is 1. The summed E-state index contributed by atoms with van der Waals surface area (Å²) in [6, 6.07) is 4.48. The lowest BCUT2D eigenvalue weighted by Crippen LogP contribution is -2.21. The van der Waals surface area contributed by atoms with Crippen LogP contribution < -0.4 is 10.2 Å². The first-order valence-electron chi connectivity index (χ1n) is 9.24. The SMILES string of the molecule is Cn1ncc2cc(NC(=O)c3coc(N4CCC(O)C4)n3)c(C3CC3)cc21. The van der Waals surface area contributed by atoms with Crippen molar-refractivity contribution >= 4 is 28.5 Å². The predicted molar refractivity (Wildman–Crippen MR) is 100.0 cm³/mol. The normalized spacial score (nSPS) is 19.8. The Balaban J connectivity index is 1.41. The third-order valence-corrected chi connectivity index (χ3v) is 5.34. The van der Waals surface area contributed by atoms with E-state index in [0.29, 0.717) is 31.4 Å². The first-order valence-corrected chi connectivity index (χ1v) is 9.24. The van der Waals surface area contributed by atoms with Crippen LogP contribution in [0, 0.1) is 0 Å². The molecule has 8 nitrogen and oxygen atoms in total. The quantitative estimate of drug-likeness (QED) is 0.734. The predicted octanol–water partition coefficient (Wildman–Crippen LogP) is 2.26. The molecule has 1 aliphatic heterocycles. The second-order valence-electron chi connectivity index (χ2n) is 7.40. The Bertz CT molecular complexity index is 1020. The monoisotopic (exact) mass is 367 g/mol. The molecule has 0 spiro atoms. The minimum absolute atomic E-state index is 0.236. The van der Waals surface area contributed by atoms with Gasteiger partial charge in [-0.3, -0.25) is 9.48 Å². The Hall–Kier alpha value is -2.87. The van der Waals surface area contributed by atoms with E-state index in [4.69, 9.17) is 4.42 Å². The number of aliphatic hydroxyl groups is 1. The maximum Gasteiger partial charge on any atom is 0.298 e. The number of carbonyl (C=O) groups is 1. The molecule has 5 rings (SSSR count). The summed E-state index contributed by atoms with van der Waals surface area (Å²) in [6.45, 7) is 1.15. The molecule has 27 heavy (non-hydrogen) atoms. The average Bonchev–Trinajstić information content (AvgIpc) is 3.04. The van der Waals surface area contributed by atoms with E-state index < -0.39 is 0 Å². The number of aryl methyl sites for hydroxylation is 1. The number of oxazole rings is 1. The van der Waals surface area contributed by atoms with Gasteiger partial charge in [0.15, 0.2) is 5.69 Å². The fourth-order valence-corrected chi connectivity index (χ4v) is 3.67. The van der Waals surface area contributed by atoms with Gasteiger partial charge in [-0.2, -0.15) is 10.1 Å². The molecule has 1 saturated carbocycles. The number of benzene rings is 1. The Morgan fingerprint density at radius 1 is 1.33 bits per heavy atom. The first-order chi connectivity index (χ1) is 13.1. The van der Waals surface area contributed by atoms with Crippen LogP contribution in [-0.4, -0.2) is 45.0 Å². The molecule has 1 unspecified atom stereocenters. The minimum atomic E-state index is -0.374. The van der Waals surface area contributed by atoms with Gasteiger partial charge in [-0.05, 0) is 42.9 Å². The number of fused-ring (bicyclic) bond motifs is 1. The number of aromatic nitrogens is 3. The zero-order valence-corrected chi connectivity index (χ0v) is 15.1. The van der Waals surface area contributed by atoms with Gasteiger partial charge in [0.05, 0.1) is 17.8 Å². The van der Waals surface area contributed by atoms with Gasteiger partial charge in [0.2, 0.25) is 0 Å². The molecule has 2 aromatic heterocycles. The lowest BCUT2D eigenvalue weighted by molar-refractivity contribution is 0.102. The highest BCUT2D eigenvalue weighted by Gasteiger charge is 2.29. The fourth-order valence-electron chi connectivity index (χ4n) is 3.67.